The number of benzene rings is 1. The van der Waals surface area contributed by atoms with E-state index >= 15 is 0 Å². The van der Waals surface area contributed by atoms with Crippen molar-refractivity contribution >= 4 is 31.3 Å². The van der Waals surface area contributed by atoms with E-state index < -0.39 is 31.9 Å². The lowest BCUT2D eigenvalue weighted by Crippen LogP contribution is -2.27. The van der Waals surface area contributed by atoms with E-state index in [2.05, 4.69) is 0 Å². The Kier molecular flexibility index (Phi) is 3.72. The maximum absolute atomic E-state index is 12.6. The van der Waals surface area contributed by atoms with E-state index in [0.29, 0.717) is 0 Å². The fourth-order valence-electron chi connectivity index (χ4n) is 1.96. The van der Waals surface area contributed by atoms with Gasteiger partial charge < -0.3 is 4.90 Å². The molecule has 0 saturated carbocycles. The third kappa shape index (κ3) is 3.06. The van der Waals surface area contributed by atoms with Crippen molar-refractivity contribution in [1.82, 2.24) is 0 Å². The highest BCUT2D eigenvalue weighted by Crippen LogP contribution is 2.33. The first-order valence-corrected chi connectivity index (χ1v) is 7.87. The van der Waals surface area contributed by atoms with Crippen molar-refractivity contribution in [3.05, 3.63) is 29.8 Å². The molecule has 0 bridgehead atoms. The lowest BCUT2D eigenvalue weighted by molar-refractivity contribution is -0.137. The average Bonchev–Trinajstić information content (AvgIpc) is 2.70. The van der Waals surface area contributed by atoms with Crippen molar-refractivity contribution in [3.63, 3.8) is 0 Å². The molecule has 1 unspecified atom stereocenters. The van der Waals surface area contributed by atoms with Crippen molar-refractivity contribution < 1.29 is 26.4 Å². The number of alkyl halides is 3. The number of carbonyl (C=O) groups is 1. The smallest absolute Gasteiger partial charge is 0.311 e. The minimum Gasteiger partial charge on any atom is -0.311 e. The van der Waals surface area contributed by atoms with Gasteiger partial charge in [-0.1, -0.05) is 6.07 Å². The Balaban J connectivity index is 2.32. The molecule has 110 valence electrons. The van der Waals surface area contributed by atoms with Crippen molar-refractivity contribution in [1.29, 1.82) is 0 Å². The SMILES string of the molecule is O=C1CC(S(=O)(=O)Cl)CN1c1cccc(C(F)(F)F)c1. The summed E-state index contributed by atoms with van der Waals surface area (Å²) in [5.41, 5.74) is -0.896. The lowest BCUT2D eigenvalue weighted by atomic mass is 10.2. The summed E-state index contributed by atoms with van der Waals surface area (Å²) in [5, 5.41) is -1.11. The molecule has 1 heterocycles. The Bertz CT molecular complexity index is 645. The summed E-state index contributed by atoms with van der Waals surface area (Å²) in [4.78, 5) is 12.7. The summed E-state index contributed by atoms with van der Waals surface area (Å²) in [6, 6.07) is 4.16. The molecule has 2 rings (SSSR count). The van der Waals surface area contributed by atoms with Gasteiger partial charge >= 0.3 is 6.18 Å². The second-order valence-electron chi connectivity index (χ2n) is 4.35. The molecule has 4 nitrogen and oxygen atoms in total. The normalized spacial score (nSPS) is 20.5. The summed E-state index contributed by atoms with van der Waals surface area (Å²) < 4.78 is 60.2. The zero-order valence-corrected chi connectivity index (χ0v) is 11.5. The van der Waals surface area contributed by atoms with Crippen molar-refractivity contribution in [2.75, 3.05) is 11.4 Å². The molecule has 0 aliphatic carbocycles. The van der Waals surface area contributed by atoms with Gasteiger partial charge in [0.15, 0.2) is 0 Å². The van der Waals surface area contributed by atoms with Crippen LogP contribution in [-0.2, 0) is 20.0 Å². The molecule has 9 heteroatoms. The monoisotopic (exact) mass is 327 g/mol. The number of carbonyl (C=O) groups excluding carboxylic acids is 1. The van der Waals surface area contributed by atoms with Gasteiger partial charge in [-0.05, 0) is 18.2 Å². The standard InChI is InChI=1S/C11H9ClF3NO3S/c12-20(18,19)9-5-10(17)16(6-9)8-3-1-2-7(4-8)11(13,14)15/h1-4,9H,5-6H2. The average molecular weight is 328 g/mol. The van der Waals surface area contributed by atoms with E-state index in [4.69, 9.17) is 10.7 Å². The first kappa shape index (κ1) is 15.1. The molecular weight excluding hydrogens is 319 g/mol. The third-order valence-electron chi connectivity index (χ3n) is 2.97. The van der Waals surface area contributed by atoms with E-state index in [9.17, 15) is 26.4 Å². The predicted octanol–water partition coefficient (Wildman–Crippen LogP) is 2.38. The number of amides is 1. The fraction of sp³-hybridized carbons (Fsp3) is 0.364. The molecule has 20 heavy (non-hydrogen) atoms. The molecule has 1 aromatic rings. The van der Waals surface area contributed by atoms with Crippen LogP contribution >= 0.6 is 10.7 Å². The van der Waals surface area contributed by atoms with Crippen LogP contribution in [0.4, 0.5) is 18.9 Å². The summed E-state index contributed by atoms with van der Waals surface area (Å²) in [7, 11) is 1.25. The minimum atomic E-state index is -4.53. The van der Waals surface area contributed by atoms with Gasteiger partial charge in [0.05, 0.1) is 5.56 Å². The van der Waals surface area contributed by atoms with Gasteiger partial charge in [-0.2, -0.15) is 13.2 Å². The molecule has 0 spiro atoms. The molecule has 1 aliphatic rings. The predicted molar refractivity (Wildman–Crippen MR) is 67.0 cm³/mol. The molecule has 1 aromatic carbocycles. The number of hydrogen-bond acceptors (Lipinski definition) is 3. The second-order valence-corrected chi connectivity index (χ2v) is 7.26. The molecule has 1 atom stereocenters. The maximum atomic E-state index is 12.6. The van der Waals surface area contributed by atoms with Gasteiger partial charge in [-0.25, -0.2) is 8.42 Å². The van der Waals surface area contributed by atoms with Crippen LogP contribution in [0.2, 0.25) is 0 Å². The topological polar surface area (TPSA) is 54.5 Å². The van der Waals surface area contributed by atoms with Crippen LogP contribution in [0.3, 0.4) is 0 Å². The first-order chi connectivity index (χ1) is 9.09. The molecule has 1 saturated heterocycles. The highest BCUT2D eigenvalue weighted by atomic mass is 35.7. The quantitative estimate of drug-likeness (QED) is 0.784. The Labute approximate surface area is 117 Å². The van der Waals surface area contributed by atoms with Crippen molar-refractivity contribution in [2.24, 2.45) is 0 Å². The molecule has 0 aromatic heterocycles. The van der Waals surface area contributed by atoms with E-state index in [0.717, 1.165) is 23.1 Å². The number of rotatable bonds is 2. The fourth-order valence-corrected chi connectivity index (χ4v) is 2.99. The van der Waals surface area contributed by atoms with Crippen molar-refractivity contribution in [3.8, 4) is 0 Å². The molecule has 0 radical (unpaired) electrons. The first-order valence-electron chi connectivity index (χ1n) is 5.50. The molecule has 1 aliphatic heterocycles. The molecule has 1 amide bonds. The van der Waals surface area contributed by atoms with Crippen molar-refractivity contribution in [2.45, 2.75) is 17.8 Å². The van der Waals surface area contributed by atoms with Crippen LogP contribution in [0.25, 0.3) is 0 Å². The van der Waals surface area contributed by atoms with Gasteiger partial charge in [0.2, 0.25) is 15.0 Å². The third-order valence-corrected chi connectivity index (χ3v) is 4.84. The molecular formula is C11H9ClF3NO3S. The van der Waals surface area contributed by atoms with E-state index in [-0.39, 0.29) is 18.7 Å². The van der Waals surface area contributed by atoms with Crippen LogP contribution < -0.4 is 4.90 Å². The second kappa shape index (κ2) is 4.92. The van der Waals surface area contributed by atoms with E-state index in [1.165, 1.54) is 6.07 Å². The maximum Gasteiger partial charge on any atom is 0.416 e. The van der Waals surface area contributed by atoms with Crippen LogP contribution in [-0.4, -0.2) is 26.1 Å². The summed E-state index contributed by atoms with van der Waals surface area (Å²) in [5.74, 6) is -0.571. The van der Waals surface area contributed by atoms with Gasteiger partial charge in [-0.3, -0.25) is 4.79 Å². The summed E-state index contributed by atoms with van der Waals surface area (Å²) >= 11 is 0. The van der Waals surface area contributed by atoms with Gasteiger partial charge in [-0.15, -0.1) is 0 Å². The Morgan fingerprint density at radius 3 is 2.45 bits per heavy atom. The number of halogens is 4. The number of anilines is 1. The van der Waals surface area contributed by atoms with Crippen LogP contribution in [0.1, 0.15) is 12.0 Å². The Hall–Kier alpha value is -1.28. The highest BCUT2D eigenvalue weighted by molar-refractivity contribution is 8.14. The zero-order valence-electron chi connectivity index (χ0n) is 9.89. The van der Waals surface area contributed by atoms with E-state index in [1.807, 2.05) is 0 Å². The molecule has 0 N–H and O–H groups in total. The summed E-state index contributed by atoms with van der Waals surface area (Å²) in [6.07, 6.45) is -4.86. The van der Waals surface area contributed by atoms with E-state index in [1.54, 1.807) is 0 Å². The van der Waals surface area contributed by atoms with Crippen LogP contribution in [0.5, 0.6) is 0 Å². The van der Waals surface area contributed by atoms with Crippen LogP contribution in [0.15, 0.2) is 24.3 Å². The Morgan fingerprint density at radius 1 is 1.30 bits per heavy atom. The van der Waals surface area contributed by atoms with Gasteiger partial charge in [0, 0.05) is 29.3 Å². The van der Waals surface area contributed by atoms with Gasteiger partial charge in [0.1, 0.15) is 5.25 Å². The Morgan fingerprint density at radius 2 is 1.95 bits per heavy atom. The minimum absolute atomic E-state index is 0.00708. The van der Waals surface area contributed by atoms with Gasteiger partial charge in [0.25, 0.3) is 0 Å². The lowest BCUT2D eigenvalue weighted by Gasteiger charge is -2.17. The number of nitrogens with zero attached hydrogens (tertiary/aromatic N) is 1. The highest BCUT2D eigenvalue weighted by Gasteiger charge is 2.39. The van der Waals surface area contributed by atoms with Crippen LogP contribution in [0, 0.1) is 0 Å². The molecule has 1 fully saturated rings. The largest absolute Gasteiger partial charge is 0.416 e. The zero-order chi connectivity index (χ0) is 15.1. The number of hydrogen-bond donors (Lipinski definition) is 0. The summed E-state index contributed by atoms with van der Waals surface area (Å²) in [6.45, 7) is -0.244.